The second-order valence-corrected chi connectivity index (χ2v) is 6.28. The first kappa shape index (κ1) is 16.7. The first-order chi connectivity index (χ1) is 11.8. The molecule has 2 heterocycles. The number of methoxy groups -OCH3 is 1. The van der Waals surface area contributed by atoms with Crippen LogP contribution in [-0.4, -0.2) is 43.3 Å². The predicted octanol–water partition coefficient (Wildman–Crippen LogP) is 2.99. The topological polar surface area (TPSA) is 50.3 Å². The third kappa shape index (κ3) is 4.68. The summed E-state index contributed by atoms with van der Waals surface area (Å²) >= 11 is 0. The Morgan fingerprint density at radius 2 is 1.96 bits per heavy atom. The van der Waals surface area contributed by atoms with Crippen molar-refractivity contribution in [2.24, 2.45) is 5.92 Å². The first-order valence-electron chi connectivity index (χ1n) is 8.70. The first-order valence-corrected chi connectivity index (χ1v) is 8.70. The van der Waals surface area contributed by atoms with E-state index in [0.717, 1.165) is 31.4 Å². The van der Waals surface area contributed by atoms with Gasteiger partial charge in [0.2, 0.25) is 5.95 Å². The molecule has 3 rings (SSSR count). The average molecular weight is 326 g/mol. The SMILES string of the molecule is COCCNc1nccc(N2CCC(Cc3ccccc3)CC2)n1. The van der Waals surface area contributed by atoms with Crippen molar-refractivity contribution in [3.63, 3.8) is 0 Å². The molecular formula is C19H26N4O. The number of aromatic nitrogens is 2. The number of nitrogens with one attached hydrogen (secondary N) is 1. The van der Waals surface area contributed by atoms with E-state index in [2.05, 4.69) is 50.5 Å². The number of hydrogen-bond acceptors (Lipinski definition) is 5. The van der Waals surface area contributed by atoms with Crippen molar-refractivity contribution in [1.29, 1.82) is 0 Å². The van der Waals surface area contributed by atoms with Gasteiger partial charge in [0.25, 0.3) is 0 Å². The molecule has 1 aromatic carbocycles. The van der Waals surface area contributed by atoms with E-state index in [1.807, 2.05) is 12.3 Å². The Hall–Kier alpha value is -2.14. The Labute approximate surface area is 144 Å². The lowest BCUT2D eigenvalue weighted by molar-refractivity contribution is 0.210. The average Bonchev–Trinajstić information content (AvgIpc) is 2.64. The van der Waals surface area contributed by atoms with Gasteiger partial charge in [-0.15, -0.1) is 0 Å². The fraction of sp³-hybridized carbons (Fsp3) is 0.474. The van der Waals surface area contributed by atoms with Crippen molar-refractivity contribution >= 4 is 11.8 Å². The van der Waals surface area contributed by atoms with Gasteiger partial charge < -0.3 is 15.0 Å². The number of rotatable bonds is 7. The standard InChI is InChI=1S/C19H26N4O/c1-24-14-11-21-19-20-10-7-18(22-19)23-12-8-17(9-13-23)15-16-5-3-2-4-6-16/h2-7,10,17H,8-9,11-15H2,1H3,(H,20,21,22). The third-order valence-corrected chi connectivity index (χ3v) is 4.54. The Balaban J connectivity index is 1.52. The summed E-state index contributed by atoms with van der Waals surface area (Å²) in [6.45, 7) is 3.50. The zero-order valence-corrected chi connectivity index (χ0v) is 14.3. The summed E-state index contributed by atoms with van der Waals surface area (Å²) in [5.74, 6) is 2.46. The van der Waals surface area contributed by atoms with Crippen LogP contribution in [0.4, 0.5) is 11.8 Å². The molecule has 0 amide bonds. The van der Waals surface area contributed by atoms with E-state index in [1.54, 1.807) is 7.11 Å². The predicted molar refractivity (Wildman–Crippen MR) is 97.5 cm³/mol. The number of nitrogens with zero attached hydrogens (tertiary/aromatic N) is 3. The van der Waals surface area contributed by atoms with E-state index in [-0.39, 0.29) is 0 Å². The lowest BCUT2D eigenvalue weighted by Crippen LogP contribution is -2.35. The quantitative estimate of drug-likeness (QED) is 0.793. The second-order valence-electron chi connectivity index (χ2n) is 6.28. The van der Waals surface area contributed by atoms with Crippen LogP contribution < -0.4 is 10.2 Å². The molecule has 0 atom stereocenters. The van der Waals surface area contributed by atoms with Crippen molar-refractivity contribution in [1.82, 2.24) is 9.97 Å². The minimum atomic E-state index is 0.651. The fourth-order valence-corrected chi connectivity index (χ4v) is 3.19. The van der Waals surface area contributed by atoms with Crippen molar-refractivity contribution in [3.05, 3.63) is 48.2 Å². The van der Waals surface area contributed by atoms with E-state index in [0.29, 0.717) is 12.6 Å². The number of ether oxygens (including phenoxy) is 1. The Morgan fingerprint density at radius 1 is 1.17 bits per heavy atom. The van der Waals surface area contributed by atoms with Crippen molar-refractivity contribution in [3.8, 4) is 0 Å². The molecule has 1 aliphatic rings. The molecule has 0 aliphatic carbocycles. The van der Waals surface area contributed by atoms with Crippen LogP contribution in [-0.2, 0) is 11.2 Å². The summed E-state index contributed by atoms with van der Waals surface area (Å²) in [4.78, 5) is 11.3. The van der Waals surface area contributed by atoms with Gasteiger partial charge in [-0.25, -0.2) is 4.98 Å². The Kier molecular flexibility index (Phi) is 6.01. The molecule has 1 aromatic heterocycles. The van der Waals surface area contributed by atoms with E-state index < -0.39 is 0 Å². The molecule has 0 radical (unpaired) electrons. The Bertz CT molecular complexity index is 612. The molecule has 24 heavy (non-hydrogen) atoms. The third-order valence-electron chi connectivity index (χ3n) is 4.54. The zero-order valence-electron chi connectivity index (χ0n) is 14.3. The normalized spacial score (nSPS) is 15.5. The molecule has 2 aromatic rings. The largest absolute Gasteiger partial charge is 0.383 e. The monoisotopic (exact) mass is 326 g/mol. The van der Waals surface area contributed by atoms with Crippen LogP contribution in [0.15, 0.2) is 42.6 Å². The molecule has 1 aliphatic heterocycles. The highest BCUT2D eigenvalue weighted by atomic mass is 16.5. The van der Waals surface area contributed by atoms with E-state index in [9.17, 15) is 0 Å². The molecule has 0 unspecified atom stereocenters. The Morgan fingerprint density at radius 3 is 2.71 bits per heavy atom. The summed E-state index contributed by atoms with van der Waals surface area (Å²) in [6, 6.07) is 12.8. The van der Waals surface area contributed by atoms with Gasteiger partial charge in [0.05, 0.1) is 6.61 Å². The molecule has 1 N–H and O–H groups in total. The van der Waals surface area contributed by atoms with Crippen LogP contribution in [0.2, 0.25) is 0 Å². The fourth-order valence-electron chi connectivity index (χ4n) is 3.19. The van der Waals surface area contributed by atoms with Crippen LogP contribution in [0.1, 0.15) is 18.4 Å². The zero-order chi connectivity index (χ0) is 16.6. The van der Waals surface area contributed by atoms with Crippen molar-refractivity contribution in [2.45, 2.75) is 19.3 Å². The smallest absolute Gasteiger partial charge is 0.224 e. The van der Waals surface area contributed by atoms with Crippen LogP contribution in [0.5, 0.6) is 0 Å². The van der Waals surface area contributed by atoms with E-state index in [4.69, 9.17) is 4.74 Å². The van der Waals surface area contributed by atoms with Gasteiger partial charge in [-0.1, -0.05) is 30.3 Å². The molecule has 128 valence electrons. The van der Waals surface area contributed by atoms with Gasteiger partial charge in [-0.05, 0) is 36.8 Å². The lowest BCUT2D eigenvalue weighted by Gasteiger charge is -2.33. The summed E-state index contributed by atoms with van der Waals surface area (Å²) in [5, 5.41) is 3.19. The van der Waals surface area contributed by atoms with Crippen LogP contribution in [0.3, 0.4) is 0 Å². The summed E-state index contributed by atoms with van der Waals surface area (Å²) < 4.78 is 5.04. The van der Waals surface area contributed by atoms with Gasteiger partial charge in [0, 0.05) is 32.9 Å². The summed E-state index contributed by atoms with van der Waals surface area (Å²) in [7, 11) is 1.69. The van der Waals surface area contributed by atoms with Gasteiger partial charge in [-0.2, -0.15) is 4.98 Å². The number of anilines is 2. The van der Waals surface area contributed by atoms with Crippen LogP contribution in [0, 0.1) is 5.92 Å². The molecule has 5 heteroatoms. The maximum atomic E-state index is 5.04. The van der Waals surface area contributed by atoms with Gasteiger partial charge in [0.1, 0.15) is 5.82 Å². The van der Waals surface area contributed by atoms with E-state index >= 15 is 0 Å². The highest BCUT2D eigenvalue weighted by Crippen LogP contribution is 2.24. The molecule has 5 nitrogen and oxygen atoms in total. The minimum absolute atomic E-state index is 0.651. The van der Waals surface area contributed by atoms with E-state index in [1.165, 1.54) is 24.8 Å². The second kappa shape index (κ2) is 8.64. The molecule has 1 saturated heterocycles. The highest BCUT2D eigenvalue weighted by Gasteiger charge is 2.20. The molecular weight excluding hydrogens is 300 g/mol. The lowest BCUT2D eigenvalue weighted by atomic mass is 9.90. The van der Waals surface area contributed by atoms with Crippen molar-refractivity contribution in [2.75, 3.05) is 43.6 Å². The van der Waals surface area contributed by atoms with Crippen molar-refractivity contribution < 1.29 is 4.74 Å². The van der Waals surface area contributed by atoms with Gasteiger partial charge >= 0.3 is 0 Å². The van der Waals surface area contributed by atoms with Gasteiger partial charge in [-0.3, -0.25) is 0 Å². The number of hydrogen-bond donors (Lipinski definition) is 1. The number of benzene rings is 1. The minimum Gasteiger partial charge on any atom is -0.383 e. The maximum absolute atomic E-state index is 5.04. The molecule has 0 saturated carbocycles. The van der Waals surface area contributed by atoms with Crippen LogP contribution in [0.25, 0.3) is 0 Å². The van der Waals surface area contributed by atoms with Crippen LogP contribution >= 0.6 is 0 Å². The highest BCUT2D eigenvalue weighted by molar-refractivity contribution is 5.42. The maximum Gasteiger partial charge on any atom is 0.224 e. The molecule has 1 fully saturated rings. The summed E-state index contributed by atoms with van der Waals surface area (Å²) in [5.41, 5.74) is 1.45. The number of piperidine rings is 1. The molecule has 0 bridgehead atoms. The van der Waals surface area contributed by atoms with Gasteiger partial charge in [0.15, 0.2) is 0 Å². The molecule has 0 spiro atoms. The summed E-state index contributed by atoms with van der Waals surface area (Å²) in [6.07, 6.45) is 5.44.